The van der Waals surface area contributed by atoms with Crippen LogP contribution in [0.15, 0.2) is 60.7 Å². The fraction of sp³-hybridized carbons (Fsp3) is 0.143. The Bertz CT molecular complexity index is 572. The number of benzene rings is 2. The first-order valence-corrected chi connectivity index (χ1v) is 7.50. The molecule has 19 heavy (non-hydrogen) atoms. The molecule has 2 aromatic carbocycles. The molecule has 5 heteroatoms. The summed E-state index contributed by atoms with van der Waals surface area (Å²) >= 11 is 0. The van der Waals surface area contributed by atoms with Gasteiger partial charge in [0.15, 0.2) is 0 Å². The van der Waals surface area contributed by atoms with Crippen LogP contribution in [0.1, 0.15) is 0 Å². The summed E-state index contributed by atoms with van der Waals surface area (Å²) in [6.45, 7) is 0.201. The number of nitrogens with zero attached hydrogens (tertiary/aromatic N) is 1. The summed E-state index contributed by atoms with van der Waals surface area (Å²) < 4.78 is 30.8. The van der Waals surface area contributed by atoms with Gasteiger partial charge in [-0.3, -0.25) is 4.55 Å². The molecule has 0 aliphatic carbocycles. The molecule has 0 saturated carbocycles. The van der Waals surface area contributed by atoms with Crippen molar-refractivity contribution in [2.24, 2.45) is 0 Å². The standard InChI is InChI=1S/C14H15NO3S/c16-19(17,18)12-11-15(13-7-3-1-4-8-13)14-9-5-2-6-10-14/h1-10H,11-12H2,(H,16,17,18). The molecule has 1 N–H and O–H groups in total. The first-order valence-electron chi connectivity index (χ1n) is 5.89. The molecular formula is C14H15NO3S. The third kappa shape index (κ3) is 4.08. The lowest BCUT2D eigenvalue weighted by molar-refractivity contribution is 0.483. The highest BCUT2D eigenvalue weighted by Gasteiger charge is 2.12. The van der Waals surface area contributed by atoms with E-state index in [2.05, 4.69) is 0 Å². The van der Waals surface area contributed by atoms with E-state index in [1.54, 1.807) is 0 Å². The molecule has 0 amide bonds. The Balaban J connectivity index is 2.29. The fourth-order valence-electron chi connectivity index (χ4n) is 1.83. The van der Waals surface area contributed by atoms with E-state index in [9.17, 15) is 8.42 Å². The number of hydrogen-bond acceptors (Lipinski definition) is 3. The molecule has 0 saturated heterocycles. The van der Waals surface area contributed by atoms with Gasteiger partial charge >= 0.3 is 0 Å². The third-order valence-electron chi connectivity index (χ3n) is 2.71. The van der Waals surface area contributed by atoms with Crippen LogP contribution in [0.2, 0.25) is 0 Å². The lowest BCUT2D eigenvalue weighted by atomic mass is 10.2. The molecule has 0 aromatic heterocycles. The van der Waals surface area contributed by atoms with Gasteiger partial charge in [-0.05, 0) is 24.3 Å². The van der Waals surface area contributed by atoms with Gasteiger partial charge in [0, 0.05) is 17.9 Å². The Hall–Kier alpha value is -1.85. The average Bonchev–Trinajstić information content (AvgIpc) is 2.40. The second-order valence-corrected chi connectivity index (χ2v) is 5.68. The van der Waals surface area contributed by atoms with Crippen LogP contribution >= 0.6 is 0 Å². The second kappa shape index (κ2) is 5.86. The largest absolute Gasteiger partial charge is 0.340 e. The predicted octanol–water partition coefficient (Wildman–Crippen LogP) is 2.71. The van der Waals surface area contributed by atoms with Crippen molar-refractivity contribution in [3.8, 4) is 0 Å². The Morgan fingerprint density at radius 3 is 1.63 bits per heavy atom. The minimum Gasteiger partial charge on any atom is -0.340 e. The van der Waals surface area contributed by atoms with Crippen molar-refractivity contribution in [2.75, 3.05) is 17.2 Å². The maximum Gasteiger partial charge on any atom is 0.266 e. The zero-order valence-electron chi connectivity index (χ0n) is 10.3. The summed E-state index contributed by atoms with van der Waals surface area (Å²) in [5, 5.41) is 0. The monoisotopic (exact) mass is 277 g/mol. The smallest absolute Gasteiger partial charge is 0.266 e. The maximum atomic E-state index is 10.9. The molecule has 0 aliphatic heterocycles. The summed E-state index contributed by atoms with van der Waals surface area (Å²) in [5.74, 6) is -0.309. The molecule has 0 radical (unpaired) electrons. The van der Waals surface area contributed by atoms with Crippen LogP contribution in [0.3, 0.4) is 0 Å². The van der Waals surface area contributed by atoms with Crippen molar-refractivity contribution in [1.29, 1.82) is 0 Å². The number of para-hydroxylation sites is 2. The molecular weight excluding hydrogens is 262 g/mol. The van der Waals surface area contributed by atoms with E-state index in [0.717, 1.165) is 11.4 Å². The first-order chi connectivity index (χ1) is 9.06. The highest BCUT2D eigenvalue weighted by atomic mass is 32.2. The highest BCUT2D eigenvalue weighted by molar-refractivity contribution is 7.85. The lowest BCUT2D eigenvalue weighted by Gasteiger charge is -2.24. The van der Waals surface area contributed by atoms with E-state index in [-0.39, 0.29) is 12.3 Å². The minimum absolute atomic E-state index is 0.201. The SMILES string of the molecule is O=S(=O)(O)CCN(c1ccccc1)c1ccccc1. The third-order valence-corrected chi connectivity index (χ3v) is 3.41. The maximum absolute atomic E-state index is 10.9. The molecule has 0 heterocycles. The topological polar surface area (TPSA) is 57.6 Å². The summed E-state index contributed by atoms with van der Waals surface area (Å²) in [7, 11) is -3.98. The molecule has 0 unspecified atom stereocenters. The van der Waals surface area contributed by atoms with Gasteiger partial charge in [-0.2, -0.15) is 8.42 Å². The van der Waals surface area contributed by atoms with Crippen molar-refractivity contribution in [3.63, 3.8) is 0 Å². The van der Waals surface area contributed by atoms with Gasteiger partial charge in [0.05, 0.1) is 5.75 Å². The van der Waals surface area contributed by atoms with E-state index in [4.69, 9.17) is 4.55 Å². The van der Waals surface area contributed by atoms with Gasteiger partial charge in [-0.25, -0.2) is 0 Å². The Morgan fingerprint density at radius 1 is 0.842 bits per heavy atom. The summed E-state index contributed by atoms with van der Waals surface area (Å²) in [6, 6.07) is 18.9. The quantitative estimate of drug-likeness (QED) is 0.854. The van der Waals surface area contributed by atoms with Crippen molar-refractivity contribution in [2.45, 2.75) is 0 Å². The molecule has 0 bridgehead atoms. The number of rotatable bonds is 5. The Morgan fingerprint density at radius 2 is 1.26 bits per heavy atom. The van der Waals surface area contributed by atoms with Crippen LogP contribution < -0.4 is 4.90 Å². The van der Waals surface area contributed by atoms with Gasteiger partial charge in [0.2, 0.25) is 0 Å². The number of anilines is 2. The van der Waals surface area contributed by atoms with Gasteiger partial charge in [0.1, 0.15) is 0 Å². The zero-order chi connectivity index (χ0) is 13.7. The summed E-state index contributed by atoms with van der Waals surface area (Å²) in [5.41, 5.74) is 1.77. The van der Waals surface area contributed by atoms with E-state index >= 15 is 0 Å². The summed E-state index contributed by atoms with van der Waals surface area (Å²) in [4.78, 5) is 1.85. The molecule has 0 spiro atoms. The van der Waals surface area contributed by atoms with Crippen LogP contribution in [0.5, 0.6) is 0 Å². The molecule has 4 nitrogen and oxygen atoms in total. The van der Waals surface area contributed by atoms with E-state index < -0.39 is 10.1 Å². The van der Waals surface area contributed by atoms with Crippen molar-refractivity contribution < 1.29 is 13.0 Å². The molecule has 2 rings (SSSR count). The van der Waals surface area contributed by atoms with Crippen molar-refractivity contribution in [1.82, 2.24) is 0 Å². The Labute approximate surface area is 113 Å². The summed E-state index contributed by atoms with van der Waals surface area (Å²) in [6.07, 6.45) is 0. The van der Waals surface area contributed by atoms with Gasteiger partial charge < -0.3 is 4.90 Å². The fourth-order valence-corrected chi connectivity index (χ4v) is 2.24. The molecule has 0 aliphatic rings. The zero-order valence-corrected chi connectivity index (χ0v) is 11.1. The first kappa shape index (κ1) is 13.6. The van der Waals surface area contributed by atoms with Crippen LogP contribution in [0, 0.1) is 0 Å². The van der Waals surface area contributed by atoms with Crippen LogP contribution in [-0.2, 0) is 10.1 Å². The molecule has 2 aromatic rings. The van der Waals surface area contributed by atoms with Crippen LogP contribution in [0.4, 0.5) is 11.4 Å². The molecule has 100 valence electrons. The Kier molecular flexibility index (Phi) is 4.19. The van der Waals surface area contributed by atoms with Gasteiger partial charge in [-0.1, -0.05) is 36.4 Å². The normalized spacial score (nSPS) is 11.2. The van der Waals surface area contributed by atoms with E-state index in [1.807, 2.05) is 65.6 Å². The van der Waals surface area contributed by atoms with Gasteiger partial charge in [0.25, 0.3) is 10.1 Å². The van der Waals surface area contributed by atoms with Crippen LogP contribution in [-0.4, -0.2) is 25.3 Å². The van der Waals surface area contributed by atoms with E-state index in [1.165, 1.54) is 0 Å². The van der Waals surface area contributed by atoms with Crippen LogP contribution in [0.25, 0.3) is 0 Å². The van der Waals surface area contributed by atoms with E-state index in [0.29, 0.717) is 0 Å². The minimum atomic E-state index is -3.98. The van der Waals surface area contributed by atoms with Gasteiger partial charge in [-0.15, -0.1) is 0 Å². The highest BCUT2D eigenvalue weighted by Crippen LogP contribution is 2.24. The second-order valence-electron chi connectivity index (χ2n) is 4.11. The molecule has 0 fully saturated rings. The number of hydrogen-bond donors (Lipinski definition) is 1. The lowest BCUT2D eigenvalue weighted by Crippen LogP contribution is -2.24. The predicted molar refractivity (Wildman–Crippen MR) is 76.3 cm³/mol. The van der Waals surface area contributed by atoms with Crippen molar-refractivity contribution in [3.05, 3.63) is 60.7 Å². The molecule has 0 atom stereocenters. The van der Waals surface area contributed by atoms with Crippen molar-refractivity contribution >= 4 is 21.5 Å². The average molecular weight is 277 g/mol.